The first-order chi connectivity index (χ1) is 16.6. The molecule has 0 spiro atoms. The Morgan fingerprint density at radius 2 is 1.18 bits per heavy atom. The number of ether oxygens (including phenoxy) is 1. The SMILES string of the molecule is CCCCCCCCCCCCCCCCCCOC(=O)c1c(C(=O)O)ccc2ccccc12. The molecule has 4 nitrogen and oxygen atoms in total. The maximum Gasteiger partial charge on any atom is 0.339 e. The lowest BCUT2D eigenvalue weighted by Crippen LogP contribution is -2.13. The summed E-state index contributed by atoms with van der Waals surface area (Å²) < 4.78 is 5.44. The van der Waals surface area contributed by atoms with E-state index in [4.69, 9.17) is 4.74 Å². The maximum atomic E-state index is 12.7. The number of fused-ring (bicyclic) bond motifs is 1. The van der Waals surface area contributed by atoms with E-state index >= 15 is 0 Å². The van der Waals surface area contributed by atoms with Gasteiger partial charge in [0.05, 0.1) is 17.7 Å². The Morgan fingerprint density at radius 3 is 1.71 bits per heavy atom. The van der Waals surface area contributed by atoms with E-state index in [9.17, 15) is 14.7 Å². The summed E-state index contributed by atoms with van der Waals surface area (Å²) in [5, 5.41) is 10.9. The molecule has 0 aliphatic carbocycles. The van der Waals surface area contributed by atoms with Crippen LogP contribution in [0.25, 0.3) is 10.8 Å². The van der Waals surface area contributed by atoms with Crippen LogP contribution in [0.5, 0.6) is 0 Å². The van der Waals surface area contributed by atoms with Crippen molar-refractivity contribution < 1.29 is 19.4 Å². The van der Waals surface area contributed by atoms with Gasteiger partial charge in [-0.2, -0.15) is 0 Å². The highest BCUT2D eigenvalue weighted by Crippen LogP contribution is 2.24. The molecule has 2 rings (SSSR count). The molecule has 0 amide bonds. The number of hydrogen-bond donors (Lipinski definition) is 1. The zero-order valence-corrected chi connectivity index (χ0v) is 21.2. The van der Waals surface area contributed by atoms with E-state index in [1.54, 1.807) is 18.2 Å². The first kappa shape index (κ1) is 27.9. The normalized spacial score (nSPS) is 11.1. The predicted octanol–water partition coefficient (Wildman–Crippen LogP) is 8.96. The third-order valence-electron chi connectivity index (χ3n) is 6.59. The summed E-state index contributed by atoms with van der Waals surface area (Å²) in [6, 6.07) is 10.5. The van der Waals surface area contributed by atoms with Crippen LogP contribution in [-0.2, 0) is 4.74 Å². The van der Waals surface area contributed by atoms with Gasteiger partial charge < -0.3 is 9.84 Å². The van der Waals surface area contributed by atoms with Crippen molar-refractivity contribution in [3.8, 4) is 0 Å². The summed E-state index contributed by atoms with van der Waals surface area (Å²) in [6.07, 6.45) is 20.7. The van der Waals surface area contributed by atoms with E-state index in [0.717, 1.165) is 24.6 Å². The van der Waals surface area contributed by atoms with Gasteiger partial charge in [-0.15, -0.1) is 0 Å². The molecule has 0 bridgehead atoms. The fraction of sp³-hybridized carbons (Fsp3) is 0.600. The minimum atomic E-state index is -1.11. The van der Waals surface area contributed by atoms with Crippen molar-refractivity contribution in [3.63, 3.8) is 0 Å². The number of esters is 1. The Labute approximate surface area is 206 Å². The van der Waals surface area contributed by atoms with E-state index < -0.39 is 11.9 Å². The molecule has 34 heavy (non-hydrogen) atoms. The highest BCUT2D eigenvalue weighted by Gasteiger charge is 2.20. The first-order valence-electron chi connectivity index (χ1n) is 13.6. The van der Waals surface area contributed by atoms with Crippen LogP contribution in [0.1, 0.15) is 130 Å². The fourth-order valence-electron chi connectivity index (χ4n) is 4.56. The zero-order valence-electron chi connectivity index (χ0n) is 21.2. The second kappa shape index (κ2) is 17.1. The van der Waals surface area contributed by atoms with Gasteiger partial charge in [-0.25, -0.2) is 9.59 Å². The van der Waals surface area contributed by atoms with Gasteiger partial charge in [-0.1, -0.05) is 134 Å². The Bertz CT molecular complexity index is 858. The molecule has 2 aromatic rings. The van der Waals surface area contributed by atoms with E-state index in [1.165, 1.54) is 89.5 Å². The van der Waals surface area contributed by atoms with Gasteiger partial charge in [-0.05, 0) is 23.3 Å². The smallest absolute Gasteiger partial charge is 0.339 e. The van der Waals surface area contributed by atoms with Crippen molar-refractivity contribution in [2.45, 2.75) is 110 Å². The number of carbonyl (C=O) groups excluding carboxylic acids is 1. The summed E-state index contributed by atoms with van der Waals surface area (Å²) in [5.74, 6) is -1.66. The van der Waals surface area contributed by atoms with Crippen molar-refractivity contribution >= 4 is 22.7 Å². The average Bonchev–Trinajstić information content (AvgIpc) is 2.85. The quantitative estimate of drug-likeness (QED) is 0.165. The molecule has 0 saturated heterocycles. The Kier molecular flexibility index (Phi) is 14.0. The summed E-state index contributed by atoms with van der Waals surface area (Å²) in [4.78, 5) is 24.3. The Balaban J connectivity index is 1.51. The van der Waals surface area contributed by atoms with Gasteiger partial charge in [-0.3, -0.25) is 0 Å². The average molecular weight is 469 g/mol. The lowest BCUT2D eigenvalue weighted by Gasteiger charge is -2.10. The number of carboxylic acid groups (broad SMARTS) is 1. The lowest BCUT2D eigenvalue weighted by atomic mass is 9.99. The standard InChI is InChI=1S/C30H44O4/c1-2-3-4-5-6-7-8-9-10-11-12-13-14-15-16-19-24-34-30(33)28-26-21-18-17-20-25(26)22-23-27(28)29(31)32/h17-18,20-23H,2-16,19,24H2,1H3,(H,31,32). The summed E-state index contributed by atoms with van der Waals surface area (Å²) >= 11 is 0. The van der Waals surface area contributed by atoms with Gasteiger partial charge >= 0.3 is 11.9 Å². The summed E-state index contributed by atoms with van der Waals surface area (Å²) in [6.45, 7) is 2.60. The van der Waals surface area contributed by atoms with Crippen LogP contribution in [0.2, 0.25) is 0 Å². The van der Waals surface area contributed by atoms with Gasteiger partial charge in [0.2, 0.25) is 0 Å². The highest BCUT2D eigenvalue weighted by molar-refractivity contribution is 6.12. The third-order valence-corrected chi connectivity index (χ3v) is 6.59. The lowest BCUT2D eigenvalue weighted by molar-refractivity contribution is 0.0490. The molecular formula is C30H44O4. The first-order valence-corrected chi connectivity index (χ1v) is 13.6. The molecule has 0 atom stereocenters. The number of carboxylic acids is 1. The molecule has 0 heterocycles. The van der Waals surface area contributed by atoms with Crippen LogP contribution in [0.4, 0.5) is 0 Å². The second-order valence-corrected chi connectivity index (χ2v) is 9.45. The summed E-state index contributed by atoms with van der Waals surface area (Å²) in [7, 11) is 0. The molecule has 0 saturated carbocycles. The van der Waals surface area contributed by atoms with Gasteiger partial charge in [0.1, 0.15) is 0 Å². The second-order valence-electron chi connectivity index (χ2n) is 9.45. The molecule has 0 aliphatic heterocycles. The molecule has 0 unspecified atom stereocenters. The topological polar surface area (TPSA) is 63.6 Å². The molecular weight excluding hydrogens is 424 g/mol. The van der Waals surface area contributed by atoms with E-state index in [-0.39, 0.29) is 11.1 Å². The zero-order chi connectivity index (χ0) is 24.4. The van der Waals surface area contributed by atoms with E-state index in [0.29, 0.717) is 12.0 Å². The Morgan fingerprint density at radius 1 is 0.676 bits per heavy atom. The van der Waals surface area contributed by atoms with Gasteiger partial charge in [0, 0.05) is 0 Å². The highest BCUT2D eigenvalue weighted by atomic mass is 16.5. The maximum absolute atomic E-state index is 12.7. The van der Waals surface area contributed by atoms with Crippen molar-refractivity contribution in [3.05, 3.63) is 47.5 Å². The fourth-order valence-corrected chi connectivity index (χ4v) is 4.56. The third kappa shape index (κ3) is 10.3. The van der Waals surface area contributed by atoms with Crippen molar-refractivity contribution in [1.29, 1.82) is 0 Å². The minimum Gasteiger partial charge on any atom is -0.478 e. The van der Waals surface area contributed by atoms with E-state index in [1.807, 2.05) is 12.1 Å². The molecule has 0 aromatic heterocycles. The number of hydrogen-bond acceptors (Lipinski definition) is 3. The minimum absolute atomic E-state index is 0.00401. The van der Waals surface area contributed by atoms with Crippen LogP contribution in [0.3, 0.4) is 0 Å². The van der Waals surface area contributed by atoms with Gasteiger partial charge in [0.15, 0.2) is 0 Å². The van der Waals surface area contributed by atoms with Gasteiger partial charge in [0.25, 0.3) is 0 Å². The number of unbranched alkanes of at least 4 members (excludes halogenated alkanes) is 15. The number of benzene rings is 2. The van der Waals surface area contributed by atoms with Crippen molar-refractivity contribution in [2.75, 3.05) is 6.61 Å². The largest absolute Gasteiger partial charge is 0.478 e. The van der Waals surface area contributed by atoms with Crippen molar-refractivity contribution in [2.24, 2.45) is 0 Å². The monoisotopic (exact) mass is 468 g/mol. The van der Waals surface area contributed by atoms with Crippen LogP contribution < -0.4 is 0 Å². The Hall–Kier alpha value is -2.36. The predicted molar refractivity (Wildman–Crippen MR) is 141 cm³/mol. The number of carbonyl (C=O) groups is 2. The molecule has 1 N–H and O–H groups in total. The number of aromatic carboxylic acids is 1. The molecule has 0 radical (unpaired) electrons. The molecule has 0 fully saturated rings. The van der Waals surface area contributed by atoms with Crippen molar-refractivity contribution in [1.82, 2.24) is 0 Å². The van der Waals surface area contributed by atoms with Crippen LogP contribution in [-0.4, -0.2) is 23.7 Å². The molecule has 0 aliphatic rings. The van der Waals surface area contributed by atoms with Crippen LogP contribution >= 0.6 is 0 Å². The molecule has 188 valence electrons. The van der Waals surface area contributed by atoms with Crippen LogP contribution in [0.15, 0.2) is 36.4 Å². The number of rotatable bonds is 19. The summed E-state index contributed by atoms with van der Waals surface area (Å²) in [5.41, 5.74) is 0.151. The van der Waals surface area contributed by atoms with Crippen LogP contribution in [0, 0.1) is 0 Å². The molecule has 4 heteroatoms. The molecule has 2 aromatic carbocycles. The van der Waals surface area contributed by atoms with E-state index in [2.05, 4.69) is 6.92 Å².